The van der Waals surface area contributed by atoms with E-state index in [-0.39, 0.29) is 31.3 Å². The number of rotatable bonds is 6. The summed E-state index contributed by atoms with van der Waals surface area (Å²) in [4.78, 5) is 24.1. The minimum Gasteiger partial charge on any atom is -0.350 e. The number of hydrogen-bond acceptors (Lipinski definition) is 2. The first kappa shape index (κ1) is 19.0. The van der Waals surface area contributed by atoms with Crippen molar-refractivity contribution in [3.8, 4) is 0 Å². The molecular weight excluding hydrogens is 411 g/mol. The van der Waals surface area contributed by atoms with E-state index in [4.69, 9.17) is 0 Å². The number of nitrogens with one attached hydrogen (secondary N) is 2. The molecule has 0 aliphatic carbocycles. The SMILES string of the molecule is O=C(CNC(=O)Cc1cccc2ccccc12)NCc1cc(Br)ccc1F. The highest BCUT2D eigenvalue weighted by atomic mass is 79.9. The first-order valence-corrected chi connectivity index (χ1v) is 9.26. The van der Waals surface area contributed by atoms with E-state index in [1.807, 2.05) is 42.5 Å². The first-order valence-electron chi connectivity index (χ1n) is 8.47. The zero-order chi connectivity index (χ0) is 19.2. The lowest BCUT2D eigenvalue weighted by Gasteiger charge is -2.09. The van der Waals surface area contributed by atoms with E-state index < -0.39 is 5.82 Å². The van der Waals surface area contributed by atoms with Crippen LogP contribution in [0.15, 0.2) is 65.1 Å². The van der Waals surface area contributed by atoms with Gasteiger partial charge in [0.15, 0.2) is 0 Å². The van der Waals surface area contributed by atoms with Crippen molar-refractivity contribution in [1.29, 1.82) is 0 Å². The maximum atomic E-state index is 13.7. The molecular formula is C21H18BrFN2O2. The Morgan fingerprint density at radius 1 is 0.889 bits per heavy atom. The number of carbonyl (C=O) groups is 2. The van der Waals surface area contributed by atoms with Crippen molar-refractivity contribution in [2.75, 3.05) is 6.54 Å². The molecule has 0 atom stereocenters. The number of hydrogen-bond donors (Lipinski definition) is 2. The van der Waals surface area contributed by atoms with Crippen molar-refractivity contribution in [3.05, 3.63) is 82.1 Å². The lowest BCUT2D eigenvalue weighted by Crippen LogP contribution is -2.37. The van der Waals surface area contributed by atoms with Crippen LogP contribution in [0.2, 0.25) is 0 Å². The normalized spacial score (nSPS) is 10.6. The van der Waals surface area contributed by atoms with Crippen LogP contribution in [0, 0.1) is 5.82 Å². The highest BCUT2D eigenvalue weighted by molar-refractivity contribution is 9.10. The van der Waals surface area contributed by atoms with Crippen LogP contribution in [-0.2, 0) is 22.6 Å². The Kier molecular flexibility index (Phi) is 6.19. The number of carbonyl (C=O) groups excluding carboxylic acids is 2. The largest absolute Gasteiger partial charge is 0.350 e. The monoisotopic (exact) mass is 428 g/mol. The summed E-state index contributed by atoms with van der Waals surface area (Å²) in [5, 5.41) is 7.29. The minimum absolute atomic E-state index is 0.0588. The molecule has 0 aromatic heterocycles. The van der Waals surface area contributed by atoms with Crippen molar-refractivity contribution < 1.29 is 14.0 Å². The quantitative estimate of drug-likeness (QED) is 0.628. The van der Waals surface area contributed by atoms with Crippen LogP contribution in [-0.4, -0.2) is 18.4 Å². The molecule has 3 aromatic carbocycles. The third-order valence-corrected chi connectivity index (χ3v) is 4.65. The van der Waals surface area contributed by atoms with Gasteiger partial charge in [-0.25, -0.2) is 4.39 Å². The van der Waals surface area contributed by atoms with Crippen LogP contribution in [0.5, 0.6) is 0 Å². The molecule has 0 saturated heterocycles. The van der Waals surface area contributed by atoms with Gasteiger partial charge in [0.2, 0.25) is 11.8 Å². The second kappa shape index (κ2) is 8.77. The van der Waals surface area contributed by atoms with Crippen LogP contribution in [0.3, 0.4) is 0 Å². The van der Waals surface area contributed by atoms with Crippen molar-refractivity contribution in [2.24, 2.45) is 0 Å². The number of benzene rings is 3. The molecule has 3 aromatic rings. The molecule has 0 aliphatic rings. The number of amides is 2. The van der Waals surface area contributed by atoms with E-state index in [1.54, 1.807) is 12.1 Å². The predicted octanol–water partition coefficient (Wildman–Crippen LogP) is 3.72. The Morgan fingerprint density at radius 2 is 1.67 bits per heavy atom. The summed E-state index contributed by atoms with van der Waals surface area (Å²) in [6.45, 7) is -0.0947. The summed E-state index contributed by atoms with van der Waals surface area (Å²) in [5.74, 6) is -1.01. The molecule has 0 bridgehead atoms. The van der Waals surface area contributed by atoms with Crippen LogP contribution in [0.1, 0.15) is 11.1 Å². The molecule has 4 nitrogen and oxygen atoms in total. The highest BCUT2D eigenvalue weighted by Gasteiger charge is 2.10. The Balaban J connectivity index is 1.51. The van der Waals surface area contributed by atoms with Crippen LogP contribution in [0.25, 0.3) is 10.8 Å². The fourth-order valence-corrected chi connectivity index (χ4v) is 3.20. The second-order valence-corrected chi connectivity index (χ2v) is 7.02. The summed E-state index contributed by atoms with van der Waals surface area (Å²) in [7, 11) is 0. The summed E-state index contributed by atoms with van der Waals surface area (Å²) < 4.78 is 14.4. The maximum Gasteiger partial charge on any atom is 0.239 e. The molecule has 2 amide bonds. The van der Waals surface area contributed by atoms with E-state index in [0.29, 0.717) is 5.56 Å². The van der Waals surface area contributed by atoms with Gasteiger partial charge in [0.1, 0.15) is 5.82 Å². The molecule has 0 aliphatic heterocycles. The summed E-state index contributed by atoms with van der Waals surface area (Å²) in [5.41, 5.74) is 1.28. The molecule has 0 heterocycles. The van der Waals surface area contributed by atoms with E-state index in [0.717, 1.165) is 20.8 Å². The van der Waals surface area contributed by atoms with Crippen molar-refractivity contribution in [2.45, 2.75) is 13.0 Å². The molecule has 0 radical (unpaired) electrons. The molecule has 3 rings (SSSR count). The summed E-state index contributed by atoms with van der Waals surface area (Å²) in [6.07, 6.45) is 0.189. The maximum absolute atomic E-state index is 13.7. The molecule has 138 valence electrons. The predicted molar refractivity (Wildman–Crippen MR) is 107 cm³/mol. The molecule has 0 spiro atoms. The Morgan fingerprint density at radius 3 is 2.52 bits per heavy atom. The van der Waals surface area contributed by atoms with Gasteiger partial charge in [-0.2, -0.15) is 0 Å². The standard InChI is InChI=1S/C21H18BrFN2O2/c22-17-8-9-19(23)16(10-17)12-24-21(27)13-25-20(26)11-15-6-3-5-14-4-1-2-7-18(14)15/h1-10H,11-13H2,(H,24,27)(H,25,26). The fourth-order valence-electron chi connectivity index (χ4n) is 2.80. The lowest BCUT2D eigenvalue weighted by atomic mass is 10.0. The molecule has 0 saturated carbocycles. The van der Waals surface area contributed by atoms with Gasteiger partial charge >= 0.3 is 0 Å². The summed E-state index contributed by atoms with van der Waals surface area (Å²) in [6, 6.07) is 18.2. The first-order chi connectivity index (χ1) is 13.0. The van der Waals surface area contributed by atoms with Gasteiger partial charge < -0.3 is 10.6 Å². The van der Waals surface area contributed by atoms with Crippen LogP contribution < -0.4 is 10.6 Å². The molecule has 2 N–H and O–H groups in total. The van der Waals surface area contributed by atoms with Crippen molar-refractivity contribution >= 4 is 38.5 Å². The number of halogens is 2. The molecule has 27 heavy (non-hydrogen) atoms. The average Bonchev–Trinajstić information content (AvgIpc) is 2.67. The smallest absolute Gasteiger partial charge is 0.239 e. The third-order valence-electron chi connectivity index (χ3n) is 4.16. The average molecular weight is 429 g/mol. The topological polar surface area (TPSA) is 58.2 Å². The van der Waals surface area contributed by atoms with Gasteiger partial charge in [-0.15, -0.1) is 0 Å². The lowest BCUT2D eigenvalue weighted by molar-refractivity contribution is -0.125. The Bertz CT molecular complexity index is 986. The van der Waals surface area contributed by atoms with E-state index in [2.05, 4.69) is 26.6 Å². The van der Waals surface area contributed by atoms with E-state index in [1.165, 1.54) is 6.07 Å². The van der Waals surface area contributed by atoms with E-state index >= 15 is 0 Å². The third kappa shape index (κ3) is 5.14. The van der Waals surface area contributed by atoms with Gasteiger partial charge in [0, 0.05) is 16.6 Å². The van der Waals surface area contributed by atoms with Gasteiger partial charge in [0.05, 0.1) is 13.0 Å². The zero-order valence-electron chi connectivity index (χ0n) is 14.5. The zero-order valence-corrected chi connectivity index (χ0v) is 16.1. The van der Waals surface area contributed by atoms with Gasteiger partial charge in [0.25, 0.3) is 0 Å². The van der Waals surface area contributed by atoms with Gasteiger partial charge in [-0.1, -0.05) is 58.4 Å². The van der Waals surface area contributed by atoms with Crippen molar-refractivity contribution in [1.82, 2.24) is 10.6 Å². The second-order valence-electron chi connectivity index (χ2n) is 6.10. The molecule has 6 heteroatoms. The molecule has 0 unspecified atom stereocenters. The van der Waals surface area contributed by atoms with Gasteiger partial charge in [-0.05, 0) is 34.5 Å². The number of fused-ring (bicyclic) bond motifs is 1. The van der Waals surface area contributed by atoms with Crippen LogP contribution >= 0.6 is 15.9 Å². The minimum atomic E-state index is -0.390. The highest BCUT2D eigenvalue weighted by Crippen LogP contribution is 2.19. The van der Waals surface area contributed by atoms with Gasteiger partial charge in [-0.3, -0.25) is 9.59 Å². The van der Waals surface area contributed by atoms with Crippen molar-refractivity contribution in [3.63, 3.8) is 0 Å². The van der Waals surface area contributed by atoms with Crippen LogP contribution in [0.4, 0.5) is 4.39 Å². The fraction of sp³-hybridized carbons (Fsp3) is 0.143. The molecule has 0 fully saturated rings. The Labute approximate surface area is 164 Å². The Hall–Kier alpha value is -2.73. The van der Waals surface area contributed by atoms with E-state index in [9.17, 15) is 14.0 Å². The summed E-state index contributed by atoms with van der Waals surface area (Å²) >= 11 is 3.27.